The zero-order valence-electron chi connectivity index (χ0n) is 14.4. The zero-order valence-corrected chi connectivity index (χ0v) is 14.4. The molecule has 0 unspecified atom stereocenters. The SMILES string of the molecule is OCCOCCCCCCCCCCCCc1ccc(F)cc1. The van der Waals surface area contributed by atoms with Gasteiger partial charge in [-0.3, -0.25) is 0 Å². The second-order valence-electron chi connectivity index (χ2n) is 6.25. The van der Waals surface area contributed by atoms with Crippen LogP contribution in [0.5, 0.6) is 0 Å². The molecule has 0 aliphatic rings. The van der Waals surface area contributed by atoms with Gasteiger partial charge >= 0.3 is 0 Å². The number of aliphatic hydroxyl groups is 1. The Morgan fingerprint density at radius 1 is 0.696 bits per heavy atom. The first kappa shape index (κ1) is 20.1. The van der Waals surface area contributed by atoms with E-state index in [1.54, 1.807) is 12.1 Å². The van der Waals surface area contributed by atoms with E-state index >= 15 is 0 Å². The lowest BCUT2D eigenvalue weighted by atomic mass is 10.0. The Bertz CT molecular complexity index is 364. The van der Waals surface area contributed by atoms with Crippen LogP contribution in [0.15, 0.2) is 24.3 Å². The molecular formula is C20H33FO2. The normalized spacial score (nSPS) is 11.0. The summed E-state index contributed by atoms with van der Waals surface area (Å²) in [6.45, 7) is 1.39. The highest BCUT2D eigenvalue weighted by Gasteiger charge is 1.96. The molecule has 0 spiro atoms. The van der Waals surface area contributed by atoms with Crippen LogP contribution in [0.1, 0.15) is 69.8 Å². The van der Waals surface area contributed by atoms with Gasteiger partial charge in [-0.2, -0.15) is 0 Å². The van der Waals surface area contributed by atoms with Crippen molar-refractivity contribution in [2.45, 2.75) is 70.6 Å². The smallest absolute Gasteiger partial charge is 0.123 e. The van der Waals surface area contributed by atoms with Crippen LogP contribution in [-0.2, 0) is 11.2 Å². The van der Waals surface area contributed by atoms with Crippen LogP contribution in [0, 0.1) is 5.82 Å². The Kier molecular flexibility index (Phi) is 12.8. The molecule has 1 N–H and O–H groups in total. The lowest BCUT2D eigenvalue weighted by Crippen LogP contribution is -2.00. The fraction of sp³-hybridized carbons (Fsp3) is 0.700. The Balaban J connectivity index is 1.77. The van der Waals surface area contributed by atoms with Crippen molar-refractivity contribution in [3.8, 4) is 0 Å². The summed E-state index contributed by atoms with van der Waals surface area (Å²) in [5.74, 6) is -0.147. The van der Waals surface area contributed by atoms with E-state index in [2.05, 4.69) is 0 Å². The van der Waals surface area contributed by atoms with Gasteiger partial charge in [-0.15, -0.1) is 0 Å². The summed E-state index contributed by atoms with van der Waals surface area (Å²) >= 11 is 0. The maximum atomic E-state index is 12.8. The molecule has 0 bridgehead atoms. The summed E-state index contributed by atoms with van der Waals surface area (Å²) in [5.41, 5.74) is 1.24. The molecule has 0 aliphatic heterocycles. The van der Waals surface area contributed by atoms with E-state index < -0.39 is 0 Å². The highest BCUT2D eigenvalue weighted by atomic mass is 19.1. The van der Waals surface area contributed by atoms with Crippen molar-refractivity contribution < 1.29 is 14.2 Å². The third kappa shape index (κ3) is 12.2. The molecule has 0 fully saturated rings. The van der Waals surface area contributed by atoms with E-state index in [-0.39, 0.29) is 12.4 Å². The number of aliphatic hydroxyl groups excluding tert-OH is 1. The minimum Gasteiger partial charge on any atom is -0.394 e. The van der Waals surface area contributed by atoms with E-state index in [0.29, 0.717) is 6.61 Å². The summed E-state index contributed by atoms with van der Waals surface area (Å²) in [5, 5.41) is 8.57. The molecule has 0 heterocycles. The van der Waals surface area contributed by atoms with Crippen molar-refractivity contribution in [2.75, 3.05) is 19.8 Å². The summed E-state index contributed by atoms with van der Waals surface area (Å²) < 4.78 is 18.0. The molecule has 1 aromatic rings. The zero-order chi connectivity index (χ0) is 16.6. The molecule has 0 saturated carbocycles. The lowest BCUT2D eigenvalue weighted by Gasteiger charge is -2.04. The van der Waals surface area contributed by atoms with Gasteiger partial charge in [0.2, 0.25) is 0 Å². The number of unbranched alkanes of at least 4 members (excludes halogenated alkanes) is 9. The van der Waals surface area contributed by atoms with Gasteiger partial charge in [-0.25, -0.2) is 4.39 Å². The molecule has 1 aromatic carbocycles. The highest BCUT2D eigenvalue weighted by Crippen LogP contribution is 2.12. The van der Waals surface area contributed by atoms with Crippen LogP contribution in [-0.4, -0.2) is 24.9 Å². The fourth-order valence-electron chi connectivity index (χ4n) is 2.77. The van der Waals surface area contributed by atoms with E-state index in [1.807, 2.05) is 12.1 Å². The number of ether oxygens (including phenoxy) is 1. The fourth-order valence-corrected chi connectivity index (χ4v) is 2.77. The van der Waals surface area contributed by atoms with Gasteiger partial charge < -0.3 is 9.84 Å². The number of halogens is 1. The summed E-state index contributed by atoms with van der Waals surface area (Å²) in [6.07, 6.45) is 13.9. The lowest BCUT2D eigenvalue weighted by molar-refractivity contribution is 0.0895. The molecule has 1 rings (SSSR count). The van der Waals surface area contributed by atoms with E-state index in [0.717, 1.165) is 19.4 Å². The average molecular weight is 324 g/mol. The van der Waals surface area contributed by atoms with Crippen LogP contribution < -0.4 is 0 Å². The third-order valence-electron chi connectivity index (χ3n) is 4.15. The van der Waals surface area contributed by atoms with Gasteiger partial charge in [0.25, 0.3) is 0 Å². The molecule has 0 saturated heterocycles. The molecule has 0 aromatic heterocycles. The van der Waals surface area contributed by atoms with Crippen LogP contribution >= 0.6 is 0 Å². The van der Waals surface area contributed by atoms with Crippen LogP contribution in [0.2, 0.25) is 0 Å². The van der Waals surface area contributed by atoms with Crippen molar-refractivity contribution in [1.82, 2.24) is 0 Å². The summed E-state index contributed by atoms with van der Waals surface area (Å²) in [6, 6.07) is 6.89. The second-order valence-corrected chi connectivity index (χ2v) is 6.25. The first-order valence-electron chi connectivity index (χ1n) is 9.26. The molecule has 3 heteroatoms. The Morgan fingerprint density at radius 3 is 1.78 bits per heavy atom. The topological polar surface area (TPSA) is 29.5 Å². The van der Waals surface area contributed by atoms with E-state index in [1.165, 1.54) is 63.4 Å². The predicted octanol–water partition coefficient (Wildman–Crippen LogP) is 5.28. The molecule has 0 amide bonds. The van der Waals surface area contributed by atoms with Gasteiger partial charge in [-0.05, 0) is 37.0 Å². The largest absolute Gasteiger partial charge is 0.394 e. The van der Waals surface area contributed by atoms with Crippen LogP contribution in [0.4, 0.5) is 4.39 Å². The third-order valence-corrected chi connectivity index (χ3v) is 4.15. The van der Waals surface area contributed by atoms with Gasteiger partial charge in [0.1, 0.15) is 5.82 Å². The number of hydrogen-bond acceptors (Lipinski definition) is 2. The summed E-state index contributed by atoms with van der Waals surface area (Å²) in [4.78, 5) is 0. The number of hydrogen-bond donors (Lipinski definition) is 1. The van der Waals surface area contributed by atoms with Gasteiger partial charge in [0.05, 0.1) is 13.2 Å². The predicted molar refractivity (Wildman–Crippen MR) is 94.2 cm³/mol. The Labute approximate surface area is 141 Å². The number of rotatable bonds is 15. The minimum atomic E-state index is -0.147. The first-order valence-corrected chi connectivity index (χ1v) is 9.26. The molecule has 0 radical (unpaired) electrons. The molecule has 2 nitrogen and oxygen atoms in total. The molecule has 23 heavy (non-hydrogen) atoms. The van der Waals surface area contributed by atoms with Crippen molar-refractivity contribution >= 4 is 0 Å². The van der Waals surface area contributed by atoms with Crippen LogP contribution in [0.3, 0.4) is 0 Å². The Morgan fingerprint density at radius 2 is 1.22 bits per heavy atom. The van der Waals surface area contributed by atoms with Gasteiger partial charge in [0.15, 0.2) is 0 Å². The second kappa shape index (κ2) is 14.6. The van der Waals surface area contributed by atoms with E-state index in [4.69, 9.17) is 9.84 Å². The standard InChI is InChI=1S/C20H33FO2/c21-20-14-12-19(13-15-20)11-9-7-5-3-1-2-4-6-8-10-17-23-18-16-22/h12-15,22H,1-11,16-18H2. The van der Waals surface area contributed by atoms with Crippen molar-refractivity contribution in [3.05, 3.63) is 35.6 Å². The van der Waals surface area contributed by atoms with Gasteiger partial charge in [-0.1, -0.05) is 63.5 Å². The molecular weight excluding hydrogens is 291 g/mol. The molecule has 132 valence electrons. The number of benzene rings is 1. The van der Waals surface area contributed by atoms with Crippen molar-refractivity contribution in [1.29, 1.82) is 0 Å². The highest BCUT2D eigenvalue weighted by molar-refractivity contribution is 5.15. The maximum absolute atomic E-state index is 12.8. The Hall–Kier alpha value is -0.930. The quantitative estimate of drug-likeness (QED) is 0.445. The maximum Gasteiger partial charge on any atom is 0.123 e. The number of aryl methyl sites for hydroxylation is 1. The first-order chi connectivity index (χ1) is 11.3. The summed E-state index contributed by atoms with van der Waals surface area (Å²) in [7, 11) is 0. The average Bonchev–Trinajstić information content (AvgIpc) is 2.57. The van der Waals surface area contributed by atoms with Crippen molar-refractivity contribution in [2.24, 2.45) is 0 Å². The monoisotopic (exact) mass is 324 g/mol. The van der Waals surface area contributed by atoms with E-state index in [9.17, 15) is 4.39 Å². The molecule has 0 aliphatic carbocycles. The van der Waals surface area contributed by atoms with Gasteiger partial charge in [0, 0.05) is 6.61 Å². The van der Waals surface area contributed by atoms with Crippen LogP contribution in [0.25, 0.3) is 0 Å². The minimum absolute atomic E-state index is 0.129. The van der Waals surface area contributed by atoms with Crippen molar-refractivity contribution in [3.63, 3.8) is 0 Å². The molecule has 0 atom stereocenters.